The number of piperazine rings is 1. The quantitative estimate of drug-likeness (QED) is 0.111. The number of ether oxygens (including phenoxy) is 3. The lowest BCUT2D eigenvalue weighted by molar-refractivity contribution is 0.0594. The topological polar surface area (TPSA) is 101 Å². The molecule has 2 N–H and O–H groups in total. The van der Waals surface area contributed by atoms with Crippen LogP contribution in [-0.2, 0) is 17.7 Å². The van der Waals surface area contributed by atoms with Crippen molar-refractivity contribution in [1.29, 1.82) is 0 Å². The van der Waals surface area contributed by atoms with Crippen LogP contribution in [0.1, 0.15) is 34.3 Å². The number of methoxy groups -OCH3 is 1. The molecule has 1 aliphatic heterocycles. The van der Waals surface area contributed by atoms with Gasteiger partial charge in [-0.25, -0.2) is 9.59 Å². The molecule has 1 saturated heterocycles. The predicted molar refractivity (Wildman–Crippen MR) is 187 cm³/mol. The molecule has 0 saturated carbocycles. The molecule has 9 nitrogen and oxygen atoms in total. The Hall–Kier alpha value is -4.57. The van der Waals surface area contributed by atoms with E-state index >= 15 is 0 Å². The lowest BCUT2D eigenvalue weighted by atomic mass is 10.0. The largest absolute Gasteiger partial charge is 0.504 e. The summed E-state index contributed by atoms with van der Waals surface area (Å²) in [6, 6.07) is 28.6. The number of aromatic hydroxyl groups is 1. The number of nitrogens with zero attached hydrogens (tertiary/aromatic N) is 2. The lowest BCUT2D eigenvalue weighted by Crippen LogP contribution is -2.47. The van der Waals surface area contributed by atoms with Gasteiger partial charge in [-0.1, -0.05) is 66.2 Å². The van der Waals surface area contributed by atoms with Crippen molar-refractivity contribution in [2.75, 3.05) is 53.0 Å². The summed E-state index contributed by atoms with van der Waals surface area (Å²) in [5.74, 6) is 0.0965. The average molecular weight is 672 g/mol. The van der Waals surface area contributed by atoms with Gasteiger partial charge in [0.25, 0.3) is 0 Å². The number of para-hydroxylation sites is 2. The molecule has 1 amide bonds. The number of nitrogens with one attached hydrogen (secondary N) is 1. The van der Waals surface area contributed by atoms with Crippen molar-refractivity contribution in [2.45, 2.75) is 25.8 Å². The molecule has 1 heterocycles. The van der Waals surface area contributed by atoms with E-state index in [-0.39, 0.29) is 11.5 Å². The van der Waals surface area contributed by atoms with E-state index in [1.807, 2.05) is 42.5 Å². The third-order valence-corrected chi connectivity index (χ3v) is 8.60. The van der Waals surface area contributed by atoms with E-state index < -0.39 is 12.1 Å². The number of carbonyl (C=O) groups is 2. The molecule has 10 heteroatoms. The first-order valence-electron chi connectivity index (χ1n) is 16.3. The lowest BCUT2D eigenvalue weighted by Gasteiger charge is -2.34. The number of hydrogen-bond acceptors (Lipinski definition) is 8. The van der Waals surface area contributed by atoms with Crippen molar-refractivity contribution in [3.63, 3.8) is 0 Å². The highest BCUT2D eigenvalue weighted by molar-refractivity contribution is 6.30. The number of unbranched alkanes of at least 4 members (excludes halogenated alkanes) is 1. The van der Waals surface area contributed by atoms with E-state index in [0.717, 1.165) is 68.3 Å². The van der Waals surface area contributed by atoms with E-state index in [0.29, 0.717) is 30.9 Å². The van der Waals surface area contributed by atoms with Crippen molar-refractivity contribution >= 4 is 23.7 Å². The van der Waals surface area contributed by atoms with Crippen LogP contribution in [0.4, 0.5) is 4.79 Å². The normalized spacial score (nSPS) is 13.5. The highest BCUT2D eigenvalue weighted by Crippen LogP contribution is 2.25. The van der Waals surface area contributed by atoms with Gasteiger partial charge in [-0.05, 0) is 77.9 Å². The molecule has 5 rings (SSSR count). The average Bonchev–Trinajstić information content (AvgIpc) is 3.10. The minimum atomic E-state index is -0.621. The number of carbonyl (C=O) groups excluding carboxylic acids is 2. The first-order chi connectivity index (χ1) is 23.4. The molecule has 1 fully saturated rings. The Morgan fingerprint density at radius 1 is 0.812 bits per heavy atom. The van der Waals surface area contributed by atoms with Crippen molar-refractivity contribution in [1.82, 2.24) is 15.1 Å². The molecular weight excluding hydrogens is 630 g/mol. The maximum atomic E-state index is 12.6. The second-order valence-electron chi connectivity index (χ2n) is 11.7. The number of rotatable bonds is 14. The van der Waals surface area contributed by atoms with Crippen LogP contribution < -0.4 is 14.8 Å². The summed E-state index contributed by atoms with van der Waals surface area (Å²) in [6.45, 7) is 6.45. The number of benzene rings is 4. The Balaban J connectivity index is 1.01. The van der Waals surface area contributed by atoms with Crippen molar-refractivity contribution in [2.24, 2.45) is 0 Å². The van der Waals surface area contributed by atoms with Gasteiger partial charge < -0.3 is 24.6 Å². The number of amides is 1. The maximum Gasteiger partial charge on any atom is 0.412 e. The SMILES string of the molecule is COC(=O)c1cc(CCCCNC(=O)Oc2ccccc2O)ccc1OCCN1CCN(Cc2ccc(-c3ccc(Cl)cc3)cc2)CC1. The number of aryl methyl sites for hydroxylation is 1. The fraction of sp³-hybridized carbons (Fsp3) is 0.316. The highest BCUT2D eigenvalue weighted by atomic mass is 35.5. The second-order valence-corrected chi connectivity index (χ2v) is 12.2. The zero-order valence-corrected chi connectivity index (χ0v) is 28.0. The second kappa shape index (κ2) is 17.5. The summed E-state index contributed by atoms with van der Waals surface area (Å²) in [5.41, 5.74) is 5.03. The molecule has 4 aromatic carbocycles. The Morgan fingerprint density at radius 3 is 2.19 bits per heavy atom. The van der Waals surface area contributed by atoms with Crippen LogP contribution in [0.25, 0.3) is 11.1 Å². The zero-order valence-electron chi connectivity index (χ0n) is 27.2. The van der Waals surface area contributed by atoms with Gasteiger partial charge in [0.05, 0.1) is 7.11 Å². The maximum absolute atomic E-state index is 12.6. The summed E-state index contributed by atoms with van der Waals surface area (Å²) >= 11 is 6.02. The summed E-state index contributed by atoms with van der Waals surface area (Å²) in [5, 5.41) is 13.2. The molecule has 1 aliphatic rings. The van der Waals surface area contributed by atoms with Crippen LogP contribution in [0.15, 0.2) is 91.0 Å². The summed E-state index contributed by atoms with van der Waals surface area (Å²) in [7, 11) is 1.37. The van der Waals surface area contributed by atoms with E-state index in [1.54, 1.807) is 12.1 Å². The third kappa shape index (κ3) is 10.2. The van der Waals surface area contributed by atoms with Crippen molar-refractivity contribution < 1.29 is 28.9 Å². The van der Waals surface area contributed by atoms with Crippen LogP contribution in [0.5, 0.6) is 17.2 Å². The Labute approximate surface area is 287 Å². The Kier molecular flexibility index (Phi) is 12.7. The summed E-state index contributed by atoms with van der Waals surface area (Å²) < 4.78 is 16.2. The summed E-state index contributed by atoms with van der Waals surface area (Å²) in [6.07, 6.45) is 1.60. The molecule has 48 heavy (non-hydrogen) atoms. The van der Waals surface area contributed by atoms with Crippen LogP contribution in [-0.4, -0.2) is 80.0 Å². The van der Waals surface area contributed by atoms with Crippen LogP contribution >= 0.6 is 11.6 Å². The number of esters is 1. The van der Waals surface area contributed by atoms with Gasteiger partial charge in [-0.3, -0.25) is 9.80 Å². The van der Waals surface area contributed by atoms with E-state index in [9.17, 15) is 14.7 Å². The number of phenols is 1. The molecule has 0 aliphatic carbocycles. The van der Waals surface area contributed by atoms with E-state index in [1.165, 1.54) is 30.4 Å². The molecule has 0 unspecified atom stereocenters. The van der Waals surface area contributed by atoms with Gasteiger partial charge in [-0.2, -0.15) is 0 Å². The smallest absolute Gasteiger partial charge is 0.412 e. The molecule has 4 aromatic rings. The first-order valence-corrected chi connectivity index (χ1v) is 16.6. The monoisotopic (exact) mass is 671 g/mol. The van der Waals surface area contributed by atoms with Gasteiger partial charge in [0, 0.05) is 50.8 Å². The highest BCUT2D eigenvalue weighted by Gasteiger charge is 2.19. The van der Waals surface area contributed by atoms with Crippen molar-refractivity contribution in [3.05, 3.63) is 113 Å². The zero-order chi connectivity index (χ0) is 33.7. The van der Waals surface area contributed by atoms with Gasteiger partial charge in [0.15, 0.2) is 11.5 Å². The number of phenolic OH excluding ortho intramolecular Hbond substituents is 1. The third-order valence-electron chi connectivity index (χ3n) is 8.35. The molecular formula is C38H42ClN3O6. The molecule has 0 spiro atoms. The molecule has 0 radical (unpaired) electrons. The molecule has 252 valence electrons. The van der Waals surface area contributed by atoms with Crippen LogP contribution in [0.3, 0.4) is 0 Å². The van der Waals surface area contributed by atoms with Crippen LogP contribution in [0, 0.1) is 0 Å². The predicted octanol–water partition coefficient (Wildman–Crippen LogP) is 6.81. The first kappa shape index (κ1) is 34.8. The Bertz CT molecular complexity index is 1640. The van der Waals surface area contributed by atoms with Crippen LogP contribution in [0.2, 0.25) is 5.02 Å². The minimum absolute atomic E-state index is 0.0930. The molecule has 0 bridgehead atoms. The van der Waals surface area contributed by atoms with Gasteiger partial charge in [0.2, 0.25) is 0 Å². The fourth-order valence-corrected chi connectivity index (χ4v) is 5.74. The number of hydrogen-bond donors (Lipinski definition) is 2. The summed E-state index contributed by atoms with van der Waals surface area (Å²) in [4.78, 5) is 29.4. The minimum Gasteiger partial charge on any atom is -0.504 e. The van der Waals surface area contributed by atoms with Gasteiger partial charge in [0.1, 0.15) is 17.9 Å². The standard InChI is InChI=1S/C38H42ClN3O6/c1-46-37(44)33-26-28(6-4-5-19-40-38(45)48-36-8-3-2-7-34(36)43)11-18-35(33)47-25-24-41-20-22-42(23-21-41)27-29-9-12-30(13-10-29)31-14-16-32(39)17-15-31/h2-3,7-18,26,43H,4-6,19-25,27H2,1H3,(H,40,45). The fourth-order valence-electron chi connectivity index (χ4n) is 5.61. The van der Waals surface area contributed by atoms with Crippen molar-refractivity contribution in [3.8, 4) is 28.4 Å². The van der Waals surface area contributed by atoms with E-state index in [2.05, 4.69) is 39.4 Å². The number of halogens is 1. The van der Waals surface area contributed by atoms with Gasteiger partial charge >= 0.3 is 12.1 Å². The molecule has 0 aromatic heterocycles. The van der Waals surface area contributed by atoms with Gasteiger partial charge in [-0.15, -0.1) is 0 Å². The molecule has 0 atom stereocenters. The van der Waals surface area contributed by atoms with E-state index in [4.69, 9.17) is 25.8 Å². The Morgan fingerprint density at radius 2 is 1.48 bits per heavy atom.